The van der Waals surface area contributed by atoms with E-state index >= 15 is 0 Å². The fraction of sp³-hybridized carbons (Fsp3) is 0.421. The van der Waals surface area contributed by atoms with Crippen molar-refractivity contribution in [1.29, 1.82) is 0 Å². The molecule has 0 bridgehead atoms. The Labute approximate surface area is 272 Å². The Morgan fingerprint density at radius 2 is 1.72 bits per heavy atom. The molecule has 2 N–H and O–H groups in total. The summed E-state index contributed by atoms with van der Waals surface area (Å²) < 4.78 is 18.4. The van der Waals surface area contributed by atoms with E-state index in [0.29, 0.717) is 12.6 Å². The molecule has 1 aliphatic heterocycles. The van der Waals surface area contributed by atoms with Gasteiger partial charge in [0.1, 0.15) is 0 Å². The van der Waals surface area contributed by atoms with Crippen LogP contribution in [0, 0.1) is 0 Å². The molecule has 1 heterocycles. The number of hydrogen-bond donors (Lipinski definition) is 2. The third-order valence-electron chi connectivity index (χ3n) is 8.86. The lowest BCUT2D eigenvalue weighted by atomic mass is 9.98. The van der Waals surface area contributed by atoms with E-state index in [1.165, 1.54) is 32.6 Å². The summed E-state index contributed by atoms with van der Waals surface area (Å²) in [7, 11) is 0. The van der Waals surface area contributed by atoms with Crippen molar-refractivity contribution in [3.63, 3.8) is 0 Å². The zero-order valence-corrected chi connectivity index (χ0v) is 26.9. The van der Waals surface area contributed by atoms with Gasteiger partial charge in [0.2, 0.25) is 0 Å². The van der Waals surface area contributed by atoms with E-state index in [9.17, 15) is 14.7 Å². The lowest BCUT2D eigenvalue weighted by molar-refractivity contribution is -0.253. The minimum atomic E-state index is -0.852. The first-order valence-corrected chi connectivity index (χ1v) is 16.3. The maximum atomic E-state index is 12.4. The van der Waals surface area contributed by atoms with E-state index in [2.05, 4.69) is 28.9 Å². The first-order chi connectivity index (χ1) is 22.3. The highest BCUT2D eigenvalue weighted by atomic mass is 16.7. The number of esters is 1. The molecule has 8 heteroatoms. The number of benzene rings is 3. The summed E-state index contributed by atoms with van der Waals surface area (Å²) >= 11 is 0. The van der Waals surface area contributed by atoms with Gasteiger partial charge in [-0.25, -0.2) is 0 Å². The Kier molecular flexibility index (Phi) is 11.8. The molecule has 244 valence electrons. The molecule has 3 aromatic carbocycles. The number of carbonyl (C=O) groups excluding carboxylic acids is 2. The van der Waals surface area contributed by atoms with Crippen LogP contribution in [0.3, 0.4) is 0 Å². The lowest BCUT2D eigenvalue weighted by Gasteiger charge is -2.39. The summed E-state index contributed by atoms with van der Waals surface area (Å²) in [5.41, 5.74) is 5.82. The van der Waals surface area contributed by atoms with Crippen LogP contribution >= 0.6 is 0 Å². The minimum absolute atomic E-state index is 0.00579. The molecule has 0 radical (unpaired) electrons. The Bertz CT molecular complexity index is 1470. The van der Waals surface area contributed by atoms with E-state index in [4.69, 9.17) is 14.2 Å². The number of aliphatic hydroxyl groups excluding tert-OH is 1. The molecule has 5 rings (SSSR count). The largest absolute Gasteiger partial charge is 0.453 e. The first kappa shape index (κ1) is 33.5. The number of hydrogen-bond acceptors (Lipinski definition) is 7. The molecular weight excluding hydrogens is 580 g/mol. The van der Waals surface area contributed by atoms with Gasteiger partial charge in [-0.3, -0.25) is 14.5 Å². The van der Waals surface area contributed by atoms with Gasteiger partial charge >= 0.3 is 5.97 Å². The van der Waals surface area contributed by atoms with Gasteiger partial charge in [0.05, 0.1) is 18.8 Å². The first-order valence-electron chi connectivity index (χ1n) is 16.3. The molecule has 8 nitrogen and oxygen atoms in total. The smallest absolute Gasteiger partial charge is 0.303 e. The van der Waals surface area contributed by atoms with Crippen LogP contribution in [0.15, 0.2) is 85.5 Å². The van der Waals surface area contributed by atoms with Crippen molar-refractivity contribution in [2.75, 3.05) is 13.1 Å². The molecule has 46 heavy (non-hydrogen) atoms. The Morgan fingerprint density at radius 3 is 2.41 bits per heavy atom. The number of nitrogens with one attached hydrogen (secondary N) is 1. The molecular formula is C38H46N2O6. The highest BCUT2D eigenvalue weighted by molar-refractivity contribution is 5.82. The maximum Gasteiger partial charge on any atom is 0.303 e. The van der Waals surface area contributed by atoms with Crippen molar-refractivity contribution < 1.29 is 28.9 Å². The van der Waals surface area contributed by atoms with Crippen molar-refractivity contribution in [1.82, 2.24) is 10.2 Å². The van der Waals surface area contributed by atoms with E-state index in [1.807, 2.05) is 66.7 Å². The number of ether oxygens (including phenoxy) is 3. The fourth-order valence-corrected chi connectivity index (χ4v) is 6.46. The quantitative estimate of drug-likeness (QED) is 0.168. The highest BCUT2D eigenvalue weighted by Crippen LogP contribution is 2.39. The summed E-state index contributed by atoms with van der Waals surface area (Å²) in [5, 5.41) is 12.4. The molecule has 4 atom stereocenters. The van der Waals surface area contributed by atoms with Gasteiger partial charge in [-0.2, -0.15) is 0 Å². The van der Waals surface area contributed by atoms with E-state index < -0.39 is 18.4 Å². The normalized spacial score (nSPS) is 20.7. The lowest BCUT2D eigenvalue weighted by Crippen LogP contribution is -2.43. The maximum absolute atomic E-state index is 12.4. The van der Waals surface area contributed by atoms with Gasteiger partial charge in [0.25, 0.3) is 5.91 Å². The molecule has 0 unspecified atom stereocenters. The summed E-state index contributed by atoms with van der Waals surface area (Å²) in [5.74, 6) is -0.834. The summed E-state index contributed by atoms with van der Waals surface area (Å²) in [6.07, 6.45) is 6.08. The third kappa shape index (κ3) is 8.91. The number of aliphatic hydroxyl groups is 1. The summed E-state index contributed by atoms with van der Waals surface area (Å²) in [4.78, 5) is 26.1. The van der Waals surface area contributed by atoms with Gasteiger partial charge in [-0.15, -0.1) is 6.58 Å². The van der Waals surface area contributed by atoms with Gasteiger partial charge in [-0.05, 0) is 59.7 Å². The van der Waals surface area contributed by atoms with Crippen LogP contribution in [0.1, 0.15) is 80.6 Å². The van der Waals surface area contributed by atoms with E-state index in [1.54, 1.807) is 6.92 Å². The van der Waals surface area contributed by atoms with Crippen molar-refractivity contribution in [3.05, 3.63) is 108 Å². The number of carbonyl (C=O) groups is 2. The van der Waals surface area contributed by atoms with Gasteiger partial charge < -0.3 is 24.6 Å². The van der Waals surface area contributed by atoms with E-state index in [0.717, 1.165) is 52.9 Å². The van der Waals surface area contributed by atoms with Crippen LogP contribution < -0.4 is 5.32 Å². The second kappa shape index (κ2) is 16.1. The summed E-state index contributed by atoms with van der Waals surface area (Å²) in [6.45, 7) is 8.83. The van der Waals surface area contributed by atoms with Crippen LogP contribution in [-0.2, 0) is 37.0 Å². The van der Waals surface area contributed by atoms with Crippen molar-refractivity contribution in [2.45, 2.75) is 89.7 Å². The monoisotopic (exact) mass is 626 g/mol. The van der Waals surface area contributed by atoms with E-state index in [-0.39, 0.29) is 24.7 Å². The van der Waals surface area contributed by atoms with Crippen LogP contribution in [0.5, 0.6) is 0 Å². The van der Waals surface area contributed by atoms with Crippen molar-refractivity contribution >= 4 is 11.9 Å². The molecule has 1 aliphatic carbocycles. The van der Waals surface area contributed by atoms with Crippen LogP contribution in [0.25, 0.3) is 11.1 Å². The molecule has 1 saturated carbocycles. The fourth-order valence-electron chi connectivity index (χ4n) is 6.46. The molecule has 2 aliphatic rings. The number of rotatable bonds is 13. The Morgan fingerprint density at radius 1 is 1.00 bits per heavy atom. The molecule has 1 saturated heterocycles. The third-order valence-corrected chi connectivity index (χ3v) is 8.86. The standard InChI is InChI=1S/C38H46N2O6/c1-4-19-40(34-13-5-6-14-34)24-35-22-36(30-17-15-28(25-41)16-18-30)46-38(45-35)33-12-8-11-32(21-33)31-10-7-9-29(20-31)23-39-37(43)26(2)44-27(3)42/h4,7-12,15-18,20-21,26,34-36,38,41H,1,5-6,13-14,19,22-25H2,2-3H3,(H,39,43)/t26-,35-,36+,38+/m0/s1. The highest BCUT2D eigenvalue weighted by Gasteiger charge is 2.34. The predicted octanol–water partition coefficient (Wildman–Crippen LogP) is 6.39. The number of amides is 1. The molecule has 3 aromatic rings. The Hall–Kier alpha value is -3.82. The minimum Gasteiger partial charge on any atom is -0.453 e. The predicted molar refractivity (Wildman–Crippen MR) is 177 cm³/mol. The van der Waals surface area contributed by atoms with Gasteiger partial charge in [0.15, 0.2) is 12.4 Å². The van der Waals surface area contributed by atoms with Crippen molar-refractivity contribution in [3.8, 4) is 11.1 Å². The topological polar surface area (TPSA) is 97.3 Å². The number of nitrogens with zero attached hydrogens (tertiary/aromatic N) is 1. The van der Waals surface area contributed by atoms with Crippen LogP contribution in [0.2, 0.25) is 0 Å². The molecule has 0 spiro atoms. The Balaban J connectivity index is 1.35. The van der Waals surface area contributed by atoms with Gasteiger partial charge in [0, 0.05) is 44.6 Å². The van der Waals surface area contributed by atoms with Crippen LogP contribution in [-0.4, -0.2) is 53.2 Å². The SMILES string of the molecule is C=CCN(C[C@@H]1C[C@H](c2ccc(CO)cc2)O[C@H](c2cccc(-c3cccc(CNC(=O)[C@H](C)OC(C)=O)c3)c2)O1)C1CCCC1. The zero-order valence-electron chi connectivity index (χ0n) is 26.9. The second-order valence-electron chi connectivity index (χ2n) is 12.3. The molecule has 1 amide bonds. The molecule has 0 aromatic heterocycles. The van der Waals surface area contributed by atoms with Crippen molar-refractivity contribution in [2.24, 2.45) is 0 Å². The van der Waals surface area contributed by atoms with Crippen LogP contribution in [0.4, 0.5) is 0 Å². The average Bonchev–Trinajstić information content (AvgIpc) is 3.62. The van der Waals surface area contributed by atoms with Gasteiger partial charge in [-0.1, -0.05) is 79.6 Å². The molecule has 2 fully saturated rings. The average molecular weight is 627 g/mol. The summed E-state index contributed by atoms with van der Waals surface area (Å²) in [6, 6.07) is 24.8. The second-order valence-corrected chi connectivity index (χ2v) is 12.3. The zero-order chi connectivity index (χ0) is 32.5.